The van der Waals surface area contributed by atoms with Crippen LogP contribution in [0.2, 0.25) is 5.02 Å². The lowest BCUT2D eigenvalue weighted by Crippen LogP contribution is -2.27. The molecule has 1 aromatic carbocycles. The van der Waals surface area contributed by atoms with Gasteiger partial charge in [0.1, 0.15) is 11.6 Å². The zero-order valence-corrected chi connectivity index (χ0v) is 14.3. The van der Waals surface area contributed by atoms with Crippen molar-refractivity contribution in [2.75, 3.05) is 6.54 Å². The highest BCUT2D eigenvalue weighted by Gasteiger charge is 2.12. The zero-order chi connectivity index (χ0) is 16.9. The highest BCUT2D eigenvalue weighted by molar-refractivity contribution is 7.15. The second kappa shape index (κ2) is 7.64. The Morgan fingerprint density at radius 3 is 2.83 bits per heavy atom. The predicted molar refractivity (Wildman–Crippen MR) is 93.8 cm³/mol. The summed E-state index contributed by atoms with van der Waals surface area (Å²) in [6.45, 7) is 0.489. The number of benzene rings is 1. The molecule has 0 atom stereocenters. The van der Waals surface area contributed by atoms with Crippen LogP contribution in [0.3, 0.4) is 0 Å². The fraction of sp³-hybridized carbons (Fsp3) is 0.167. The molecule has 3 rings (SSSR count). The van der Waals surface area contributed by atoms with Crippen molar-refractivity contribution in [1.82, 2.24) is 5.32 Å². The summed E-state index contributed by atoms with van der Waals surface area (Å²) in [5.41, 5.74) is 0.230. The van der Waals surface area contributed by atoms with Crippen molar-refractivity contribution in [3.05, 3.63) is 70.0 Å². The lowest BCUT2D eigenvalue weighted by molar-refractivity contribution is -0.120. The second-order valence-electron chi connectivity index (χ2n) is 5.22. The third kappa shape index (κ3) is 4.04. The van der Waals surface area contributed by atoms with Gasteiger partial charge in [-0.1, -0.05) is 17.7 Å². The van der Waals surface area contributed by atoms with Gasteiger partial charge in [-0.25, -0.2) is 4.39 Å². The fourth-order valence-corrected chi connectivity index (χ4v) is 3.52. The van der Waals surface area contributed by atoms with E-state index in [-0.39, 0.29) is 22.9 Å². The minimum absolute atomic E-state index is 0.0619. The maximum Gasteiger partial charge on any atom is 0.224 e. The summed E-state index contributed by atoms with van der Waals surface area (Å²) < 4.78 is 19.0. The molecule has 0 aliphatic rings. The largest absolute Gasteiger partial charge is 0.464 e. The number of hydrogen-bond donors (Lipinski definition) is 1. The zero-order valence-electron chi connectivity index (χ0n) is 12.7. The van der Waals surface area contributed by atoms with E-state index in [1.807, 2.05) is 24.3 Å². The average molecular weight is 364 g/mol. The van der Waals surface area contributed by atoms with Crippen LogP contribution < -0.4 is 5.32 Å². The molecule has 0 aliphatic carbocycles. The number of carbonyl (C=O) groups is 1. The molecule has 0 saturated carbocycles. The first-order valence-electron chi connectivity index (χ1n) is 7.45. The quantitative estimate of drug-likeness (QED) is 0.689. The number of carbonyl (C=O) groups excluding carboxylic acids is 1. The molecule has 0 bridgehead atoms. The lowest BCUT2D eigenvalue weighted by atomic mass is 10.1. The molecule has 3 aromatic rings. The predicted octanol–water partition coefficient (Wildman–Crippen LogP) is 4.70. The molecule has 3 nitrogen and oxygen atoms in total. The van der Waals surface area contributed by atoms with Crippen molar-refractivity contribution in [3.63, 3.8) is 0 Å². The normalized spacial score (nSPS) is 10.8. The lowest BCUT2D eigenvalue weighted by Gasteiger charge is -2.07. The summed E-state index contributed by atoms with van der Waals surface area (Å²) in [7, 11) is 0. The van der Waals surface area contributed by atoms with Crippen molar-refractivity contribution in [2.24, 2.45) is 0 Å². The van der Waals surface area contributed by atoms with Crippen molar-refractivity contribution in [3.8, 4) is 10.6 Å². The molecule has 0 radical (unpaired) electrons. The summed E-state index contributed by atoms with van der Waals surface area (Å²) in [6, 6.07) is 12.2. The smallest absolute Gasteiger partial charge is 0.224 e. The summed E-state index contributed by atoms with van der Waals surface area (Å²) >= 11 is 7.55. The van der Waals surface area contributed by atoms with Gasteiger partial charge in [0, 0.05) is 22.0 Å². The van der Waals surface area contributed by atoms with Gasteiger partial charge in [-0.05, 0) is 42.8 Å². The Morgan fingerprint density at radius 2 is 2.08 bits per heavy atom. The molecule has 1 amide bonds. The minimum atomic E-state index is -0.459. The number of halogens is 2. The topological polar surface area (TPSA) is 42.2 Å². The number of nitrogens with one attached hydrogen (secondary N) is 1. The van der Waals surface area contributed by atoms with E-state index in [4.69, 9.17) is 16.0 Å². The Balaban J connectivity index is 1.50. The van der Waals surface area contributed by atoms with E-state index >= 15 is 0 Å². The molecule has 0 unspecified atom stereocenters. The third-order valence-corrected chi connectivity index (χ3v) is 5.03. The summed E-state index contributed by atoms with van der Waals surface area (Å²) in [5.74, 6) is 0.133. The minimum Gasteiger partial charge on any atom is -0.464 e. The molecule has 0 saturated heterocycles. The number of rotatable bonds is 6. The first kappa shape index (κ1) is 16.7. The molecular formula is C18H15ClFNO2S. The first-order valence-corrected chi connectivity index (χ1v) is 8.65. The van der Waals surface area contributed by atoms with Crippen molar-refractivity contribution < 1.29 is 13.6 Å². The van der Waals surface area contributed by atoms with Crippen LogP contribution in [-0.2, 0) is 17.6 Å². The maximum atomic E-state index is 13.7. The van der Waals surface area contributed by atoms with Gasteiger partial charge < -0.3 is 9.73 Å². The van der Waals surface area contributed by atoms with Crippen molar-refractivity contribution in [1.29, 1.82) is 0 Å². The van der Waals surface area contributed by atoms with Crippen LogP contribution in [0.1, 0.15) is 10.4 Å². The van der Waals surface area contributed by atoms with Crippen LogP contribution in [0.5, 0.6) is 0 Å². The molecule has 0 spiro atoms. The van der Waals surface area contributed by atoms with Gasteiger partial charge in [-0.15, -0.1) is 11.3 Å². The molecule has 1 N–H and O–H groups in total. The van der Waals surface area contributed by atoms with Crippen LogP contribution in [0.4, 0.5) is 4.39 Å². The van der Waals surface area contributed by atoms with E-state index in [1.165, 1.54) is 12.1 Å². The van der Waals surface area contributed by atoms with E-state index in [0.29, 0.717) is 13.0 Å². The Hall–Kier alpha value is -2.11. The molecule has 24 heavy (non-hydrogen) atoms. The van der Waals surface area contributed by atoms with Gasteiger partial charge in [0.15, 0.2) is 0 Å². The van der Waals surface area contributed by atoms with Gasteiger partial charge in [-0.3, -0.25) is 4.79 Å². The van der Waals surface area contributed by atoms with Crippen LogP contribution in [0.15, 0.2) is 53.1 Å². The van der Waals surface area contributed by atoms with Gasteiger partial charge in [-0.2, -0.15) is 0 Å². The fourth-order valence-electron chi connectivity index (χ4n) is 2.31. The molecule has 2 heterocycles. The summed E-state index contributed by atoms with van der Waals surface area (Å²) in [6.07, 6.45) is 2.29. The molecule has 2 aromatic heterocycles. The third-order valence-electron chi connectivity index (χ3n) is 3.52. The standard InChI is InChI=1S/C18H15ClFNO2S/c19-14-3-1-4-15(20)13(14)11-18(22)21-9-8-12-6-7-17(24-12)16-5-2-10-23-16/h1-7,10H,8-9,11H2,(H,21,22). The highest BCUT2D eigenvalue weighted by Crippen LogP contribution is 2.28. The van der Waals surface area contributed by atoms with Gasteiger partial charge in [0.25, 0.3) is 0 Å². The molecular weight excluding hydrogens is 349 g/mol. The number of amides is 1. The van der Waals surface area contributed by atoms with Crippen LogP contribution >= 0.6 is 22.9 Å². The van der Waals surface area contributed by atoms with Gasteiger partial charge in [0.05, 0.1) is 17.6 Å². The highest BCUT2D eigenvalue weighted by atomic mass is 35.5. The van der Waals surface area contributed by atoms with Crippen LogP contribution in [0, 0.1) is 5.82 Å². The van der Waals surface area contributed by atoms with Gasteiger partial charge in [0.2, 0.25) is 5.91 Å². The molecule has 6 heteroatoms. The Bertz CT molecular complexity index is 809. The van der Waals surface area contributed by atoms with E-state index < -0.39 is 5.82 Å². The first-order chi connectivity index (χ1) is 11.6. The second-order valence-corrected chi connectivity index (χ2v) is 6.80. The Morgan fingerprint density at radius 1 is 1.21 bits per heavy atom. The van der Waals surface area contributed by atoms with Crippen molar-refractivity contribution in [2.45, 2.75) is 12.8 Å². The van der Waals surface area contributed by atoms with Gasteiger partial charge >= 0.3 is 0 Å². The maximum absolute atomic E-state index is 13.7. The molecule has 0 fully saturated rings. The van der Waals surface area contributed by atoms with Crippen molar-refractivity contribution >= 4 is 28.8 Å². The average Bonchev–Trinajstić information content (AvgIpc) is 3.22. The summed E-state index contributed by atoms with van der Waals surface area (Å²) in [5, 5.41) is 3.07. The number of thiophene rings is 1. The molecule has 124 valence electrons. The number of furan rings is 1. The van der Waals surface area contributed by atoms with E-state index in [1.54, 1.807) is 23.7 Å². The van der Waals surface area contributed by atoms with E-state index in [0.717, 1.165) is 15.5 Å². The Kier molecular flexibility index (Phi) is 5.33. The van der Waals surface area contributed by atoms with Crippen LogP contribution in [0.25, 0.3) is 10.6 Å². The summed E-state index contributed by atoms with van der Waals surface area (Å²) in [4.78, 5) is 14.2. The van der Waals surface area contributed by atoms with E-state index in [9.17, 15) is 9.18 Å². The van der Waals surface area contributed by atoms with E-state index in [2.05, 4.69) is 5.32 Å². The molecule has 0 aliphatic heterocycles. The van der Waals surface area contributed by atoms with Crippen LogP contribution in [-0.4, -0.2) is 12.5 Å². The number of hydrogen-bond acceptors (Lipinski definition) is 3. The monoisotopic (exact) mass is 363 g/mol. The Labute approximate surface area is 148 Å². The SMILES string of the molecule is O=C(Cc1c(F)cccc1Cl)NCCc1ccc(-c2ccco2)s1.